The van der Waals surface area contributed by atoms with Gasteiger partial charge in [0.2, 0.25) is 5.91 Å². The molecule has 0 bridgehead atoms. The molecule has 0 saturated carbocycles. The number of aromatic nitrogens is 2. The summed E-state index contributed by atoms with van der Waals surface area (Å²) in [5, 5.41) is 0. The highest BCUT2D eigenvalue weighted by Crippen LogP contribution is 2.33. The Morgan fingerprint density at radius 2 is 2.21 bits per heavy atom. The normalized spacial score (nSPS) is 26.4. The van der Waals surface area contributed by atoms with Crippen LogP contribution in [-0.2, 0) is 4.79 Å². The van der Waals surface area contributed by atoms with E-state index in [-0.39, 0.29) is 29.7 Å². The molecule has 2 aliphatic rings. The van der Waals surface area contributed by atoms with Gasteiger partial charge in [0.15, 0.2) is 0 Å². The zero-order chi connectivity index (χ0) is 13.6. The molecule has 6 heteroatoms. The van der Waals surface area contributed by atoms with Crippen LogP contribution < -0.4 is 0 Å². The minimum atomic E-state index is -0.0594. The fraction of sp³-hybridized carbons (Fsp3) is 0.615. The molecule has 2 atom stereocenters. The van der Waals surface area contributed by atoms with Crippen LogP contribution >= 0.6 is 0 Å². The standard InChI is InChI=1S/C13H18N4O2/c1-8(2)17-5-9-4-16(6-10(9)12(17)18)13(19)11-3-14-7-15-11/h3,7-10H,4-6H2,1-2H3,(H,14,15)/t9-,10-/m0/s1. The molecule has 0 radical (unpaired) electrons. The summed E-state index contributed by atoms with van der Waals surface area (Å²) in [6, 6.07) is 0.245. The van der Waals surface area contributed by atoms with Crippen molar-refractivity contribution < 1.29 is 9.59 Å². The van der Waals surface area contributed by atoms with Gasteiger partial charge in [-0.1, -0.05) is 0 Å². The summed E-state index contributed by atoms with van der Waals surface area (Å²) in [6.07, 6.45) is 3.02. The molecular weight excluding hydrogens is 244 g/mol. The molecule has 1 aromatic heterocycles. The second kappa shape index (κ2) is 4.36. The molecule has 0 spiro atoms. The van der Waals surface area contributed by atoms with Crippen LogP contribution in [0.1, 0.15) is 24.3 Å². The van der Waals surface area contributed by atoms with Gasteiger partial charge in [-0.2, -0.15) is 0 Å². The van der Waals surface area contributed by atoms with Gasteiger partial charge in [-0.25, -0.2) is 4.98 Å². The fourth-order valence-corrected chi connectivity index (χ4v) is 3.07. The third-order valence-electron chi connectivity index (χ3n) is 4.11. The van der Waals surface area contributed by atoms with E-state index in [1.807, 2.05) is 18.7 Å². The number of imidazole rings is 1. The van der Waals surface area contributed by atoms with E-state index in [0.717, 1.165) is 6.54 Å². The number of aromatic amines is 1. The van der Waals surface area contributed by atoms with Crippen LogP contribution in [0.4, 0.5) is 0 Å². The van der Waals surface area contributed by atoms with Crippen molar-refractivity contribution in [1.82, 2.24) is 19.8 Å². The monoisotopic (exact) mass is 262 g/mol. The smallest absolute Gasteiger partial charge is 0.271 e. The first-order chi connectivity index (χ1) is 9.08. The highest BCUT2D eigenvalue weighted by atomic mass is 16.2. The number of nitrogens with zero attached hydrogens (tertiary/aromatic N) is 3. The summed E-state index contributed by atoms with van der Waals surface area (Å²) in [7, 11) is 0. The second-order valence-corrected chi connectivity index (χ2v) is 5.63. The summed E-state index contributed by atoms with van der Waals surface area (Å²) in [5.41, 5.74) is 0.494. The van der Waals surface area contributed by atoms with Crippen LogP contribution in [0.5, 0.6) is 0 Å². The lowest BCUT2D eigenvalue weighted by molar-refractivity contribution is -0.132. The predicted molar refractivity (Wildman–Crippen MR) is 68.3 cm³/mol. The molecular formula is C13H18N4O2. The van der Waals surface area contributed by atoms with E-state index in [2.05, 4.69) is 9.97 Å². The Morgan fingerprint density at radius 1 is 1.42 bits per heavy atom. The van der Waals surface area contributed by atoms with Gasteiger partial charge in [-0.05, 0) is 13.8 Å². The van der Waals surface area contributed by atoms with E-state index in [0.29, 0.717) is 18.8 Å². The average molecular weight is 262 g/mol. The van der Waals surface area contributed by atoms with Gasteiger partial charge in [0.1, 0.15) is 5.69 Å². The van der Waals surface area contributed by atoms with E-state index in [1.54, 1.807) is 4.90 Å². The first kappa shape index (κ1) is 12.2. The van der Waals surface area contributed by atoms with Crippen molar-refractivity contribution >= 4 is 11.8 Å². The van der Waals surface area contributed by atoms with E-state index >= 15 is 0 Å². The number of hydrogen-bond acceptors (Lipinski definition) is 3. The van der Waals surface area contributed by atoms with E-state index < -0.39 is 0 Å². The van der Waals surface area contributed by atoms with Crippen molar-refractivity contribution in [3.8, 4) is 0 Å². The number of nitrogens with one attached hydrogen (secondary N) is 1. The molecule has 6 nitrogen and oxygen atoms in total. The fourth-order valence-electron chi connectivity index (χ4n) is 3.07. The van der Waals surface area contributed by atoms with Gasteiger partial charge < -0.3 is 14.8 Å². The highest BCUT2D eigenvalue weighted by molar-refractivity contribution is 5.93. The van der Waals surface area contributed by atoms with Crippen LogP contribution in [0.15, 0.2) is 12.5 Å². The molecule has 1 aromatic rings. The summed E-state index contributed by atoms with van der Waals surface area (Å²) in [4.78, 5) is 34.8. The number of carbonyl (C=O) groups is 2. The Bertz CT molecular complexity index is 497. The van der Waals surface area contributed by atoms with Gasteiger partial charge in [-0.15, -0.1) is 0 Å². The maximum atomic E-state index is 12.3. The number of rotatable bonds is 2. The van der Waals surface area contributed by atoms with Crippen molar-refractivity contribution in [2.24, 2.45) is 11.8 Å². The summed E-state index contributed by atoms with van der Waals surface area (Å²) in [6.45, 7) is 6.04. The highest BCUT2D eigenvalue weighted by Gasteiger charge is 2.48. The number of H-pyrrole nitrogens is 1. The van der Waals surface area contributed by atoms with Crippen LogP contribution in [-0.4, -0.2) is 57.3 Å². The molecule has 19 heavy (non-hydrogen) atoms. The Balaban J connectivity index is 1.70. The molecule has 2 saturated heterocycles. The number of likely N-dealkylation sites (tertiary alicyclic amines) is 2. The van der Waals surface area contributed by atoms with Gasteiger partial charge in [-0.3, -0.25) is 9.59 Å². The van der Waals surface area contributed by atoms with E-state index in [1.165, 1.54) is 12.5 Å². The number of amides is 2. The molecule has 1 N–H and O–H groups in total. The summed E-state index contributed by atoms with van der Waals surface area (Å²) in [5.74, 6) is 0.395. The second-order valence-electron chi connectivity index (χ2n) is 5.63. The molecule has 3 heterocycles. The molecule has 0 unspecified atom stereocenters. The topological polar surface area (TPSA) is 69.3 Å². The number of hydrogen-bond donors (Lipinski definition) is 1. The molecule has 2 fully saturated rings. The lowest BCUT2D eigenvalue weighted by atomic mass is 10.0. The Kier molecular flexibility index (Phi) is 2.80. The molecule has 2 amide bonds. The average Bonchev–Trinajstić information content (AvgIpc) is 3.05. The number of carbonyl (C=O) groups excluding carboxylic acids is 2. The lowest BCUT2D eigenvalue weighted by Crippen LogP contribution is -2.38. The van der Waals surface area contributed by atoms with Crippen LogP contribution in [0.2, 0.25) is 0 Å². The minimum absolute atomic E-state index is 0.0192. The molecule has 102 valence electrons. The van der Waals surface area contributed by atoms with Gasteiger partial charge in [0.25, 0.3) is 5.91 Å². The zero-order valence-corrected chi connectivity index (χ0v) is 11.2. The Labute approximate surface area is 111 Å². The van der Waals surface area contributed by atoms with Crippen LogP contribution in [0, 0.1) is 11.8 Å². The van der Waals surface area contributed by atoms with Crippen LogP contribution in [0.25, 0.3) is 0 Å². The summed E-state index contributed by atoms with van der Waals surface area (Å²) < 4.78 is 0. The van der Waals surface area contributed by atoms with Crippen LogP contribution in [0.3, 0.4) is 0 Å². The first-order valence-electron chi connectivity index (χ1n) is 6.66. The van der Waals surface area contributed by atoms with Crippen molar-refractivity contribution in [3.05, 3.63) is 18.2 Å². The third kappa shape index (κ3) is 1.91. The van der Waals surface area contributed by atoms with Gasteiger partial charge in [0, 0.05) is 31.6 Å². The zero-order valence-electron chi connectivity index (χ0n) is 11.2. The molecule has 0 aliphatic carbocycles. The summed E-state index contributed by atoms with van der Waals surface area (Å²) >= 11 is 0. The van der Waals surface area contributed by atoms with E-state index in [4.69, 9.17) is 0 Å². The predicted octanol–water partition coefficient (Wildman–Crippen LogP) is 0.349. The maximum absolute atomic E-state index is 12.3. The minimum Gasteiger partial charge on any atom is -0.341 e. The van der Waals surface area contributed by atoms with Gasteiger partial charge >= 0.3 is 0 Å². The quantitative estimate of drug-likeness (QED) is 0.836. The maximum Gasteiger partial charge on any atom is 0.271 e. The molecule has 0 aromatic carbocycles. The van der Waals surface area contributed by atoms with Crippen molar-refractivity contribution in [2.75, 3.05) is 19.6 Å². The van der Waals surface area contributed by atoms with E-state index in [9.17, 15) is 9.59 Å². The van der Waals surface area contributed by atoms with Crippen molar-refractivity contribution in [2.45, 2.75) is 19.9 Å². The SMILES string of the molecule is CC(C)N1C[C@@H]2CN(C(=O)c3cnc[nH]3)C[C@@H]2C1=O. The van der Waals surface area contributed by atoms with Crippen molar-refractivity contribution in [1.29, 1.82) is 0 Å². The Hall–Kier alpha value is -1.85. The number of fused-ring (bicyclic) bond motifs is 1. The third-order valence-corrected chi connectivity index (χ3v) is 4.11. The molecule has 2 aliphatic heterocycles. The molecule has 3 rings (SSSR count). The van der Waals surface area contributed by atoms with Crippen molar-refractivity contribution in [3.63, 3.8) is 0 Å². The lowest BCUT2D eigenvalue weighted by Gasteiger charge is -2.24. The van der Waals surface area contributed by atoms with Gasteiger partial charge in [0.05, 0.1) is 18.4 Å². The first-order valence-corrected chi connectivity index (χ1v) is 6.66. The Morgan fingerprint density at radius 3 is 2.79 bits per heavy atom. The largest absolute Gasteiger partial charge is 0.341 e.